The second kappa shape index (κ2) is 6.56. The summed E-state index contributed by atoms with van der Waals surface area (Å²) in [5, 5.41) is 0. The number of hydrogen-bond acceptors (Lipinski definition) is 2. The molecule has 1 heterocycles. The second-order valence-electron chi connectivity index (χ2n) is 6.57. The molecule has 0 amide bonds. The minimum atomic E-state index is 0.163. The van der Waals surface area contributed by atoms with Crippen molar-refractivity contribution < 1.29 is 0 Å². The smallest absolute Gasteiger partial charge is 0.119 e. The van der Waals surface area contributed by atoms with Crippen LogP contribution in [-0.2, 0) is 0 Å². The maximum Gasteiger partial charge on any atom is 0.119 e. The highest BCUT2D eigenvalue weighted by Gasteiger charge is 2.25. The molecule has 0 saturated carbocycles. The lowest BCUT2D eigenvalue weighted by molar-refractivity contribution is 0.743. The Morgan fingerprint density at radius 1 is 0.800 bits per heavy atom. The topological polar surface area (TPSA) is 15.6 Å². The molecule has 0 aromatic heterocycles. The molecule has 0 radical (unpaired) electrons. The molecule has 1 aliphatic heterocycles. The van der Waals surface area contributed by atoms with Crippen LogP contribution in [0.4, 0.5) is 5.69 Å². The zero-order chi connectivity index (χ0) is 17.2. The molecule has 1 aliphatic rings. The van der Waals surface area contributed by atoms with Gasteiger partial charge in [-0.1, -0.05) is 66.7 Å². The molecule has 0 saturated heterocycles. The monoisotopic (exact) mass is 326 g/mol. The Hall–Kier alpha value is -2.87. The zero-order valence-electron chi connectivity index (χ0n) is 14.7. The molecule has 3 aromatic rings. The lowest BCUT2D eigenvalue weighted by atomic mass is 10.0. The van der Waals surface area contributed by atoms with Gasteiger partial charge in [-0.15, -0.1) is 0 Å². The highest BCUT2D eigenvalue weighted by Crippen LogP contribution is 2.30. The third-order valence-electron chi connectivity index (χ3n) is 4.83. The van der Waals surface area contributed by atoms with Crippen LogP contribution in [0.15, 0.2) is 83.9 Å². The Morgan fingerprint density at radius 2 is 1.44 bits per heavy atom. The summed E-state index contributed by atoms with van der Waals surface area (Å²) in [6.45, 7) is 5.21. The van der Waals surface area contributed by atoms with Gasteiger partial charge in [0.15, 0.2) is 0 Å². The van der Waals surface area contributed by atoms with Gasteiger partial charge in [0, 0.05) is 5.69 Å². The predicted octanol–water partition coefficient (Wildman–Crippen LogP) is 5.32. The number of nitrogens with zero attached hydrogens (tertiary/aromatic N) is 2. The van der Waals surface area contributed by atoms with Crippen LogP contribution in [0.5, 0.6) is 0 Å². The van der Waals surface area contributed by atoms with E-state index < -0.39 is 0 Å². The summed E-state index contributed by atoms with van der Waals surface area (Å²) in [6, 6.07) is 27.7. The molecular formula is C23H22N2. The van der Waals surface area contributed by atoms with E-state index in [0.717, 1.165) is 6.54 Å². The lowest BCUT2D eigenvalue weighted by Crippen LogP contribution is -2.29. The van der Waals surface area contributed by atoms with Crippen molar-refractivity contribution in [3.8, 4) is 11.1 Å². The molecule has 0 spiro atoms. The van der Waals surface area contributed by atoms with Gasteiger partial charge in [0.05, 0.1) is 12.3 Å². The van der Waals surface area contributed by atoms with Crippen molar-refractivity contribution in [2.75, 3.05) is 11.4 Å². The number of benzene rings is 3. The van der Waals surface area contributed by atoms with E-state index in [9.17, 15) is 0 Å². The largest absolute Gasteiger partial charge is 0.344 e. The molecule has 3 aromatic carbocycles. The average Bonchev–Trinajstić information content (AvgIpc) is 3.05. The van der Waals surface area contributed by atoms with E-state index >= 15 is 0 Å². The highest BCUT2D eigenvalue weighted by molar-refractivity contribution is 6.05. The molecular weight excluding hydrogens is 304 g/mol. The zero-order valence-corrected chi connectivity index (χ0v) is 14.7. The summed E-state index contributed by atoms with van der Waals surface area (Å²) in [5.41, 5.74) is 7.46. The van der Waals surface area contributed by atoms with Crippen LogP contribution in [0.1, 0.15) is 18.1 Å². The van der Waals surface area contributed by atoms with Crippen molar-refractivity contribution in [2.45, 2.75) is 20.0 Å². The standard InChI is InChI=1S/C23H22N2/c1-17-15-21(19-9-5-3-6-10-19)13-14-23(17)25-16-22(24-18(25)2)20-11-7-4-8-12-20/h3-15,18H,16H2,1-2H3/t18-/m0/s1. The third kappa shape index (κ3) is 3.08. The van der Waals surface area contributed by atoms with Crippen molar-refractivity contribution in [3.63, 3.8) is 0 Å². The molecule has 0 bridgehead atoms. The van der Waals surface area contributed by atoms with Gasteiger partial charge in [0.25, 0.3) is 0 Å². The Morgan fingerprint density at radius 3 is 2.08 bits per heavy atom. The fraction of sp³-hybridized carbons (Fsp3) is 0.174. The third-order valence-corrected chi connectivity index (χ3v) is 4.83. The minimum Gasteiger partial charge on any atom is -0.344 e. The van der Waals surface area contributed by atoms with Crippen molar-refractivity contribution in [1.82, 2.24) is 0 Å². The van der Waals surface area contributed by atoms with Gasteiger partial charge < -0.3 is 4.90 Å². The van der Waals surface area contributed by atoms with E-state index in [1.165, 1.54) is 33.7 Å². The summed E-state index contributed by atoms with van der Waals surface area (Å²) in [6.07, 6.45) is 0.163. The maximum absolute atomic E-state index is 4.88. The molecule has 2 heteroatoms. The van der Waals surface area contributed by atoms with Gasteiger partial charge >= 0.3 is 0 Å². The molecule has 0 fully saturated rings. The Kier molecular flexibility index (Phi) is 4.10. The van der Waals surface area contributed by atoms with Gasteiger partial charge in [-0.05, 0) is 48.2 Å². The first kappa shape index (κ1) is 15.6. The first-order chi connectivity index (χ1) is 12.2. The maximum atomic E-state index is 4.88. The SMILES string of the molecule is Cc1cc(-c2ccccc2)ccc1N1CC(c2ccccc2)=N[C@@H]1C. The summed E-state index contributed by atoms with van der Waals surface area (Å²) in [5.74, 6) is 0. The van der Waals surface area contributed by atoms with Crippen LogP contribution in [-0.4, -0.2) is 18.4 Å². The number of aryl methyl sites for hydroxylation is 1. The van der Waals surface area contributed by atoms with Gasteiger partial charge in [-0.25, -0.2) is 0 Å². The van der Waals surface area contributed by atoms with E-state index in [2.05, 4.69) is 91.5 Å². The number of aliphatic imine (C=N–C) groups is 1. The summed E-state index contributed by atoms with van der Waals surface area (Å²) in [4.78, 5) is 7.26. The number of rotatable bonds is 3. The summed E-state index contributed by atoms with van der Waals surface area (Å²) < 4.78 is 0. The molecule has 0 N–H and O–H groups in total. The quantitative estimate of drug-likeness (QED) is 0.636. The molecule has 1 atom stereocenters. The Bertz CT molecular complexity index is 898. The predicted molar refractivity (Wildman–Crippen MR) is 106 cm³/mol. The summed E-state index contributed by atoms with van der Waals surface area (Å²) >= 11 is 0. The van der Waals surface area contributed by atoms with Crippen LogP contribution >= 0.6 is 0 Å². The van der Waals surface area contributed by atoms with E-state index in [1.54, 1.807) is 0 Å². The fourth-order valence-corrected chi connectivity index (χ4v) is 3.50. The van der Waals surface area contributed by atoms with Gasteiger partial charge in [-0.2, -0.15) is 0 Å². The number of anilines is 1. The van der Waals surface area contributed by atoms with E-state index in [1.807, 2.05) is 6.07 Å². The Balaban J connectivity index is 1.61. The molecule has 4 rings (SSSR count). The van der Waals surface area contributed by atoms with Crippen molar-refractivity contribution in [3.05, 3.63) is 90.0 Å². The lowest BCUT2D eigenvalue weighted by Gasteiger charge is -2.25. The van der Waals surface area contributed by atoms with Crippen LogP contribution in [0.2, 0.25) is 0 Å². The van der Waals surface area contributed by atoms with E-state index in [0.29, 0.717) is 0 Å². The van der Waals surface area contributed by atoms with E-state index in [-0.39, 0.29) is 6.17 Å². The first-order valence-corrected chi connectivity index (χ1v) is 8.77. The first-order valence-electron chi connectivity index (χ1n) is 8.77. The normalized spacial score (nSPS) is 16.8. The summed E-state index contributed by atoms with van der Waals surface area (Å²) in [7, 11) is 0. The van der Waals surface area contributed by atoms with Crippen molar-refractivity contribution in [2.24, 2.45) is 4.99 Å². The van der Waals surface area contributed by atoms with Crippen LogP contribution in [0.25, 0.3) is 11.1 Å². The Labute approximate surface area is 149 Å². The van der Waals surface area contributed by atoms with Crippen LogP contribution in [0.3, 0.4) is 0 Å². The minimum absolute atomic E-state index is 0.163. The van der Waals surface area contributed by atoms with Crippen molar-refractivity contribution in [1.29, 1.82) is 0 Å². The fourth-order valence-electron chi connectivity index (χ4n) is 3.50. The second-order valence-corrected chi connectivity index (χ2v) is 6.57. The van der Waals surface area contributed by atoms with Gasteiger partial charge in [0.2, 0.25) is 0 Å². The molecule has 0 unspecified atom stereocenters. The van der Waals surface area contributed by atoms with E-state index in [4.69, 9.17) is 4.99 Å². The highest BCUT2D eigenvalue weighted by atomic mass is 15.3. The molecule has 124 valence electrons. The molecule has 25 heavy (non-hydrogen) atoms. The number of hydrogen-bond donors (Lipinski definition) is 0. The van der Waals surface area contributed by atoms with Gasteiger partial charge in [0.1, 0.15) is 6.17 Å². The van der Waals surface area contributed by atoms with Crippen LogP contribution < -0.4 is 4.90 Å². The average molecular weight is 326 g/mol. The molecule has 0 aliphatic carbocycles. The van der Waals surface area contributed by atoms with Crippen molar-refractivity contribution >= 4 is 11.4 Å². The van der Waals surface area contributed by atoms with Gasteiger partial charge in [-0.3, -0.25) is 4.99 Å². The molecule has 2 nitrogen and oxygen atoms in total. The van der Waals surface area contributed by atoms with Crippen LogP contribution in [0, 0.1) is 6.92 Å².